The van der Waals surface area contributed by atoms with E-state index in [1.807, 2.05) is 42.5 Å². The molecular formula is C20H24O7S2. The van der Waals surface area contributed by atoms with E-state index in [1.54, 1.807) is 18.2 Å². The van der Waals surface area contributed by atoms with Crippen LogP contribution in [0.25, 0.3) is 6.08 Å². The second-order valence-corrected chi connectivity index (χ2v) is 9.68. The minimum atomic E-state index is -3.63. The van der Waals surface area contributed by atoms with Gasteiger partial charge in [-0.1, -0.05) is 48.5 Å². The maximum atomic E-state index is 11.3. The number of benzene rings is 2. The first-order chi connectivity index (χ1) is 13.6. The van der Waals surface area contributed by atoms with E-state index in [4.69, 9.17) is 13.1 Å². The van der Waals surface area contributed by atoms with Crippen molar-refractivity contribution in [2.75, 3.05) is 25.7 Å². The van der Waals surface area contributed by atoms with Crippen LogP contribution < -0.4 is 4.74 Å². The molecule has 9 heteroatoms. The van der Waals surface area contributed by atoms with E-state index in [0.29, 0.717) is 17.9 Å². The van der Waals surface area contributed by atoms with E-state index in [9.17, 15) is 16.8 Å². The van der Waals surface area contributed by atoms with Gasteiger partial charge in [-0.2, -0.15) is 16.8 Å². The molecule has 0 radical (unpaired) electrons. The van der Waals surface area contributed by atoms with Gasteiger partial charge in [0.25, 0.3) is 20.2 Å². The summed E-state index contributed by atoms with van der Waals surface area (Å²) in [4.78, 5) is 0. The normalized spacial score (nSPS) is 12.7. The van der Waals surface area contributed by atoms with Crippen molar-refractivity contribution in [3.8, 4) is 5.75 Å². The highest BCUT2D eigenvalue weighted by Crippen LogP contribution is 2.18. The Morgan fingerprint density at radius 2 is 1.48 bits per heavy atom. The summed E-state index contributed by atoms with van der Waals surface area (Å²) in [7, 11) is -7.20. The largest absolute Gasteiger partial charge is 0.489 e. The highest BCUT2D eigenvalue weighted by molar-refractivity contribution is 7.86. The molecule has 0 atom stereocenters. The summed E-state index contributed by atoms with van der Waals surface area (Å²) in [6.45, 7) is 0.167. The van der Waals surface area contributed by atoms with Crippen molar-refractivity contribution in [2.45, 2.75) is 13.0 Å². The van der Waals surface area contributed by atoms with Gasteiger partial charge in [-0.3, -0.25) is 8.37 Å². The fourth-order valence-electron chi connectivity index (χ4n) is 2.33. The average Bonchev–Trinajstić information content (AvgIpc) is 2.64. The van der Waals surface area contributed by atoms with E-state index in [-0.39, 0.29) is 19.6 Å². The maximum Gasteiger partial charge on any atom is 0.264 e. The van der Waals surface area contributed by atoms with Crippen LogP contribution in [-0.4, -0.2) is 42.6 Å². The van der Waals surface area contributed by atoms with E-state index in [0.717, 1.165) is 23.6 Å². The van der Waals surface area contributed by atoms with Crippen LogP contribution in [0.4, 0.5) is 0 Å². The second-order valence-electron chi connectivity index (χ2n) is 6.39. The Morgan fingerprint density at radius 1 is 0.862 bits per heavy atom. The summed E-state index contributed by atoms with van der Waals surface area (Å²) < 4.78 is 60.0. The van der Waals surface area contributed by atoms with Crippen LogP contribution in [0, 0.1) is 0 Å². The molecule has 0 heterocycles. The lowest BCUT2D eigenvalue weighted by Gasteiger charge is -2.09. The van der Waals surface area contributed by atoms with Gasteiger partial charge in [0.15, 0.2) is 0 Å². The van der Waals surface area contributed by atoms with Crippen molar-refractivity contribution in [1.29, 1.82) is 0 Å². The van der Waals surface area contributed by atoms with Crippen LogP contribution in [0.3, 0.4) is 0 Å². The molecule has 0 fully saturated rings. The molecule has 2 aromatic rings. The van der Waals surface area contributed by atoms with Crippen molar-refractivity contribution in [1.82, 2.24) is 0 Å². The van der Waals surface area contributed by atoms with E-state index in [1.165, 1.54) is 0 Å². The zero-order valence-electron chi connectivity index (χ0n) is 16.3. The molecule has 0 spiro atoms. The number of rotatable bonds is 11. The van der Waals surface area contributed by atoms with Crippen LogP contribution in [0.1, 0.15) is 17.5 Å². The monoisotopic (exact) mass is 440 g/mol. The Kier molecular flexibility index (Phi) is 8.39. The molecule has 0 saturated heterocycles. The molecule has 0 aliphatic heterocycles. The number of hydrogen-bond acceptors (Lipinski definition) is 7. The molecule has 0 N–H and O–H groups in total. The van der Waals surface area contributed by atoms with Crippen LogP contribution in [0.5, 0.6) is 5.75 Å². The fourth-order valence-corrected chi connectivity index (χ4v) is 3.08. The van der Waals surface area contributed by atoms with E-state index < -0.39 is 20.2 Å². The zero-order chi connectivity index (χ0) is 21.3. The number of ether oxygens (including phenoxy) is 1. The molecule has 0 aliphatic carbocycles. The first kappa shape index (κ1) is 23.1. The van der Waals surface area contributed by atoms with Gasteiger partial charge in [0, 0.05) is 0 Å². The summed E-state index contributed by atoms with van der Waals surface area (Å²) in [5.41, 5.74) is 2.43. The summed E-state index contributed by atoms with van der Waals surface area (Å²) in [5.74, 6) is 0.695. The van der Waals surface area contributed by atoms with Crippen LogP contribution >= 0.6 is 0 Å². The zero-order valence-corrected chi connectivity index (χ0v) is 17.9. The summed E-state index contributed by atoms with van der Waals surface area (Å²) >= 11 is 0. The van der Waals surface area contributed by atoms with E-state index in [2.05, 4.69) is 0 Å². The molecule has 0 aliphatic rings. The van der Waals surface area contributed by atoms with Crippen molar-refractivity contribution < 1.29 is 29.9 Å². The molecular weight excluding hydrogens is 416 g/mol. The second kappa shape index (κ2) is 10.5. The van der Waals surface area contributed by atoms with Crippen molar-refractivity contribution in [3.05, 3.63) is 71.3 Å². The molecule has 0 unspecified atom stereocenters. The molecule has 0 bridgehead atoms. The first-order valence-corrected chi connectivity index (χ1v) is 12.4. The minimum Gasteiger partial charge on any atom is -0.489 e. The van der Waals surface area contributed by atoms with Gasteiger partial charge in [0.1, 0.15) is 12.4 Å². The van der Waals surface area contributed by atoms with Crippen molar-refractivity contribution in [2.24, 2.45) is 0 Å². The maximum absolute atomic E-state index is 11.3. The fraction of sp³-hybridized carbons (Fsp3) is 0.300. The molecule has 158 valence electrons. The summed E-state index contributed by atoms with van der Waals surface area (Å²) in [5, 5.41) is 0. The molecule has 2 rings (SSSR count). The lowest BCUT2D eigenvalue weighted by atomic mass is 10.1. The molecule has 0 amide bonds. The van der Waals surface area contributed by atoms with Gasteiger partial charge < -0.3 is 4.74 Å². The Morgan fingerprint density at radius 3 is 2.07 bits per heavy atom. The van der Waals surface area contributed by atoms with Gasteiger partial charge in [0.05, 0.1) is 25.7 Å². The van der Waals surface area contributed by atoms with Gasteiger partial charge in [0.2, 0.25) is 0 Å². The van der Waals surface area contributed by atoms with Crippen molar-refractivity contribution >= 4 is 26.3 Å². The summed E-state index contributed by atoms with van der Waals surface area (Å²) in [6, 6.07) is 17.0. The lowest BCUT2D eigenvalue weighted by Crippen LogP contribution is -2.10. The average molecular weight is 441 g/mol. The molecule has 2 aromatic carbocycles. The SMILES string of the molecule is CS(=O)(=O)OCC/C(=C\c1ccc(OCc2ccccc2)cc1)COS(C)(=O)=O. The third kappa shape index (κ3) is 10.2. The Labute approximate surface area is 172 Å². The van der Waals surface area contributed by atoms with Crippen LogP contribution in [0.15, 0.2) is 60.2 Å². The van der Waals surface area contributed by atoms with Crippen molar-refractivity contribution in [3.63, 3.8) is 0 Å². The summed E-state index contributed by atoms with van der Waals surface area (Å²) in [6.07, 6.45) is 3.85. The van der Waals surface area contributed by atoms with Crippen LogP contribution in [-0.2, 0) is 35.2 Å². The first-order valence-electron chi connectivity index (χ1n) is 8.76. The van der Waals surface area contributed by atoms with E-state index >= 15 is 0 Å². The topological polar surface area (TPSA) is 96.0 Å². The van der Waals surface area contributed by atoms with Gasteiger partial charge in [-0.15, -0.1) is 0 Å². The Bertz CT molecular complexity index is 1010. The predicted octanol–water partition coefficient (Wildman–Crippen LogP) is 2.99. The van der Waals surface area contributed by atoms with Crippen LogP contribution in [0.2, 0.25) is 0 Å². The standard InChI is InChI=1S/C20H24O7S2/c1-28(21,22)26-13-12-19(16-27-29(2,23)24)14-17-8-10-20(11-9-17)25-15-18-6-4-3-5-7-18/h3-11,14H,12-13,15-16H2,1-2H3/b19-14+. The third-order valence-corrected chi connectivity index (χ3v) is 4.82. The molecule has 0 saturated carbocycles. The van der Waals surface area contributed by atoms with Gasteiger partial charge in [-0.25, -0.2) is 0 Å². The quantitative estimate of drug-likeness (QED) is 0.496. The number of hydrogen-bond donors (Lipinski definition) is 0. The predicted molar refractivity (Wildman–Crippen MR) is 111 cm³/mol. The van der Waals surface area contributed by atoms with Gasteiger partial charge >= 0.3 is 0 Å². The lowest BCUT2D eigenvalue weighted by molar-refractivity contribution is 0.306. The smallest absolute Gasteiger partial charge is 0.264 e. The third-order valence-electron chi connectivity index (χ3n) is 3.68. The highest BCUT2D eigenvalue weighted by Gasteiger charge is 2.08. The minimum absolute atomic E-state index is 0.101. The molecule has 0 aromatic heterocycles. The molecule has 7 nitrogen and oxygen atoms in total. The Balaban J connectivity index is 2.03. The molecule has 29 heavy (non-hydrogen) atoms. The highest BCUT2D eigenvalue weighted by atomic mass is 32.2. The Hall–Kier alpha value is -2.20. The van der Waals surface area contributed by atoms with Gasteiger partial charge in [-0.05, 0) is 35.3 Å².